The quantitative estimate of drug-likeness (QED) is 0.808. The van der Waals surface area contributed by atoms with Crippen LogP contribution in [0.2, 0.25) is 0 Å². The summed E-state index contributed by atoms with van der Waals surface area (Å²) in [6.07, 6.45) is 1.86. The fourth-order valence-electron chi connectivity index (χ4n) is 5.47. The number of aliphatic hydroxyl groups is 1. The standard InChI is InChI=1S/C25H28N2O4/c1-16(29)26-14-25(15-26)23(21(13-28)27(25)24(30)19-11-12-19)18-9-7-17(8-10-18)20-5-3-4-6-22(20)31-2/h3-10,19,21,23,28H,11-15H2,1-2H3/t21-,23+/m1/s1. The van der Waals surface area contributed by atoms with Gasteiger partial charge >= 0.3 is 0 Å². The fraction of sp³-hybridized carbons (Fsp3) is 0.440. The van der Waals surface area contributed by atoms with Crippen molar-refractivity contribution in [1.82, 2.24) is 9.80 Å². The molecule has 2 heterocycles. The third-order valence-corrected chi connectivity index (χ3v) is 7.19. The first-order chi connectivity index (χ1) is 15.0. The largest absolute Gasteiger partial charge is 0.496 e. The SMILES string of the molecule is COc1ccccc1-c1ccc([C@H]2[C@@H](CO)N(C(=O)C3CC3)C23CN(C(C)=O)C3)cc1. The lowest BCUT2D eigenvalue weighted by Crippen LogP contribution is -2.86. The van der Waals surface area contributed by atoms with Gasteiger partial charge in [-0.05, 0) is 30.0 Å². The molecule has 2 aromatic rings. The molecule has 0 bridgehead atoms. The first-order valence-electron chi connectivity index (χ1n) is 10.9. The van der Waals surface area contributed by atoms with Gasteiger partial charge < -0.3 is 19.6 Å². The number of rotatable bonds is 5. The molecule has 2 aliphatic heterocycles. The summed E-state index contributed by atoms with van der Waals surface area (Å²) in [6.45, 7) is 2.57. The Morgan fingerprint density at radius 1 is 1.10 bits per heavy atom. The molecule has 1 saturated carbocycles. The lowest BCUT2D eigenvalue weighted by molar-refractivity contribution is -0.203. The van der Waals surface area contributed by atoms with Crippen molar-refractivity contribution in [3.8, 4) is 16.9 Å². The Morgan fingerprint density at radius 2 is 1.77 bits per heavy atom. The van der Waals surface area contributed by atoms with E-state index in [1.165, 1.54) is 0 Å². The summed E-state index contributed by atoms with van der Waals surface area (Å²) in [5.41, 5.74) is 2.78. The van der Waals surface area contributed by atoms with Gasteiger partial charge in [0.15, 0.2) is 0 Å². The van der Waals surface area contributed by atoms with Crippen LogP contribution in [-0.4, -0.2) is 65.1 Å². The average molecular weight is 421 g/mol. The lowest BCUT2D eigenvalue weighted by Gasteiger charge is -2.70. The Bertz CT molecular complexity index is 1010. The molecule has 2 atom stereocenters. The number of benzene rings is 2. The smallest absolute Gasteiger partial charge is 0.226 e. The molecule has 0 radical (unpaired) electrons. The molecule has 1 spiro atoms. The van der Waals surface area contributed by atoms with Crippen molar-refractivity contribution in [3.05, 3.63) is 54.1 Å². The van der Waals surface area contributed by atoms with Gasteiger partial charge in [0.05, 0.1) is 25.3 Å². The van der Waals surface area contributed by atoms with Gasteiger partial charge in [-0.15, -0.1) is 0 Å². The zero-order valence-electron chi connectivity index (χ0n) is 18.0. The van der Waals surface area contributed by atoms with Crippen molar-refractivity contribution in [2.75, 3.05) is 26.8 Å². The van der Waals surface area contributed by atoms with Crippen LogP contribution >= 0.6 is 0 Å². The number of methoxy groups -OCH3 is 1. The van der Waals surface area contributed by atoms with Gasteiger partial charge in [-0.25, -0.2) is 0 Å². The van der Waals surface area contributed by atoms with E-state index in [1.807, 2.05) is 29.2 Å². The number of aliphatic hydroxyl groups excluding tert-OH is 1. The van der Waals surface area contributed by atoms with Gasteiger partial charge in [-0.1, -0.05) is 42.5 Å². The van der Waals surface area contributed by atoms with Crippen LogP contribution in [0.3, 0.4) is 0 Å². The van der Waals surface area contributed by atoms with Crippen LogP contribution in [0.15, 0.2) is 48.5 Å². The number of hydrogen-bond acceptors (Lipinski definition) is 4. The van der Waals surface area contributed by atoms with E-state index < -0.39 is 5.54 Å². The number of carbonyl (C=O) groups is 2. The molecular weight excluding hydrogens is 392 g/mol. The van der Waals surface area contributed by atoms with E-state index in [-0.39, 0.29) is 36.3 Å². The van der Waals surface area contributed by atoms with Gasteiger partial charge in [0, 0.05) is 37.4 Å². The third kappa shape index (κ3) is 3.04. The van der Waals surface area contributed by atoms with Gasteiger partial charge in [0.25, 0.3) is 0 Å². The fourth-order valence-corrected chi connectivity index (χ4v) is 5.47. The third-order valence-electron chi connectivity index (χ3n) is 7.19. The van der Waals surface area contributed by atoms with Crippen molar-refractivity contribution in [2.24, 2.45) is 5.92 Å². The lowest BCUT2D eigenvalue weighted by atomic mass is 9.60. The molecular formula is C25H28N2O4. The second-order valence-electron chi connectivity index (χ2n) is 9.01. The highest BCUT2D eigenvalue weighted by Crippen LogP contribution is 2.55. The summed E-state index contributed by atoms with van der Waals surface area (Å²) >= 11 is 0. The van der Waals surface area contributed by atoms with Crippen LogP contribution in [0, 0.1) is 5.92 Å². The zero-order valence-corrected chi connectivity index (χ0v) is 18.0. The molecule has 5 rings (SSSR count). The van der Waals surface area contributed by atoms with E-state index >= 15 is 0 Å². The van der Waals surface area contributed by atoms with E-state index in [4.69, 9.17) is 4.74 Å². The molecule has 2 amide bonds. The Kier molecular flexibility index (Phi) is 4.77. The molecule has 162 valence electrons. The van der Waals surface area contributed by atoms with Gasteiger partial charge in [-0.3, -0.25) is 9.59 Å². The number of ether oxygens (including phenoxy) is 1. The molecule has 3 aliphatic rings. The summed E-state index contributed by atoms with van der Waals surface area (Å²) in [5, 5.41) is 10.2. The van der Waals surface area contributed by atoms with E-state index in [1.54, 1.807) is 18.9 Å². The van der Waals surface area contributed by atoms with Gasteiger partial charge in [0.2, 0.25) is 11.8 Å². The monoisotopic (exact) mass is 420 g/mol. The van der Waals surface area contributed by atoms with Crippen LogP contribution in [0.4, 0.5) is 0 Å². The van der Waals surface area contributed by atoms with E-state index in [0.29, 0.717) is 13.1 Å². The number of hydrogen-bond donors (Lipinski definition) is 1. The van der Waals surface area contributed by atoms with Crippen LogP contribution in [0.25, 0.3) is 11.1 Å². The molecule has 6 nitrogen and oxygen atoms in total. The second kappa shape index (κ2) is 7.38. The highest BCUT2D eigenvalue weighted by Gasteiger charge is 2.68. The number of amides is 2. The van der Waals surface area contributed by atoms with E-state index in [0.717, 1.165) is 35.3 Å². The summed E-state index contributed by atoms with van der Waals surface area (Å²) in [7, 11) is 1.67. The number of likely N-dealkylation sites (tertiary alicyclic amines) is 2. The summed E-state index contributed by atoms with van der Waals surface area (Å²) in [4.78, 5) is 28.6. The molecule has 1 N–H and O–H groups in total. The van der Waals surface area contributed by atoms with Crippen molar-refractivity contribution >= 4 is 11.8 Å². The average Bonchev–Trinajstić information content (AvgIpc) is 3.58. The van der Waals surface area contributed by atoms with Crippen LogP contribution < -0.4 is 4.74 Å². The number of carbonyl (C=O) groups excluding carboxylic acids is 2. The summed E-state index contributed by atoms with van der Waals surface area (Å²) in [6, 6.07) is 16.0. The number of para-hydroxylation sites is 1. The molecule has 0 aromatic heterocycles. The van der Waals surface area contributed by atoms with Crippen LogP contribution in [0.1, 0.15) is 31.2 Å². The first kappa shape index (κ1) is 20.1. The maximum atomic E-state index is 13.0. The Morgan fingerprint density at radius 3 is 2.35 bits per heavy atom. The molecule has 2 aromatic carbocycles. The highest BCUT2D eigenvalue weighted by atomic mass is 16.5. The van der Waals surface area contributed by atoms with E-state index in [2.05, 4.69) is 24.3 Å². The minimum Gasteiger partial charge on any atom is -0.496 e. The Labute approximate surface area is 182 Å². The van der Waals surface area contributed by atoms with Crippen LogP contribution in [-0.2, 0) is 9.59 Å². The van der Waals surface area contributed by atoms with Gasteiger partial charge in [-0.2, -0.15) is 0 Å². The maximum absolute atomic E-state index is 13.0. The first-order valence-corrected chi connectivity index (χ1v) is 10.9. The van der Waals surface area contributed by atoms with Crippen molar-refractivity contribution in [3.63, 3.8) is 0 Å². The normalized spacial score (nSPS) is 23.8. The summed E-state index contributed by atoms with van der Waals surface area (Å²) < 4.78 is 5.49. The van der Waals surface area contributed by atoms with Crippen molar-refractivity contribution in [2.45, 2.75) is 37.3 Å². The molecule has 2 saturated heterocycles. The van der Waals surface area contributed by atoms with E-state index in [9.17, 15) is 14.7 Å². The molecule has 3 fully saturated rings. The number of nitrogens with zero attached hydrogens (tertiary/aromatic N) is 2. The highest BCUT2D eigenvalue weighted by molar-refractivity contribution is 5.85. The zero-order chi connectivity index (χ0) is 21.8. The Hall–Kier alpha value is -2.86. The van der Waals surface area contributed by atoms with Gasteiger partial charge in [0.1, 0.15) is 5.75 Å². The van der Waals surface area contributed by atoms with Crippen molar-refractivity contribution in [1.29, 1.82) is 0 Å². The van der Waals surface area contributed by atoms with Crippen molar-refractivity contribution < 1.29 is 19.4 Å². The maximum Gasteiger partial charge on any atom is 0.226 e. The second-order valence-corrected chi connectivity index (χ2v) is 9.01. The molecule has 1 aliphatic carbocycles. The molecule has 6 heteroatoms. The Balaban J connectivity index is 1.46. The summed E-state index contributed by atoms with van der Waals surface area (Å²) in [5.74, 6) is 1.10. The minimum absolute atomic E-state index is 0.0162. The van der Waals surface area contributed by atoms with Crippen LogP contribution in [0.5, 0.6) is 5.75 Å². The minimum atomic E-state index is -0.398. The predicted octanol–water partition coefficient (Wildman–Crippen LogP) is 2.66. The molecule has 0 unspecified atom stereocenters. The topological polar surface area (TPSA) is 70.1 Å². The predicted molar refractivity (Wildman–Crippen MR) is 117 cm³/mol. The molecule has 31 heavy (non-hydrogen) atoms.